The highest BCUT2D eigenvalue weighted by Crippen LogP contribution is 2.21. The summed E-state index contributed by atoms with van der Waals surface area (Å²) in [5.41, 5.74) is 1.68. The molecule has 3 aromatic rings. The fourth-order valence-corrected chi connectivity index (χ4v) is 3.23. The summed E-state index contributed by atoms with van der Waals surface area (Å²) in [6, 6.07) is 13.7. The van der Waals surface area contributed by atoms with E-state index in [1.165, 1.54) is 17.0 Å². The number of benzene rings is 2. The van der Waals surface area contributed by atoms with Crippen molar-refractivity contribution in [2.24, 2.45) is 0 Å². The highest BCUT2D eigenvalue weighted by Gasteiger charge is 2.08. The number of aryl methyl sites for hydroxylation is 1. The third-order valence-electron chi connectivity index (χ3n) is 4.26. The number of aromatic nitrogens is 1. The molecule has 1 aromatic heterocycles. The minimum absolute atomic E-state index is 0.176. The molecule has 2 aromatic carbocycles. The lowest BCUT2D eigenvalue weighted by molar-refractivity contribution is -0.125. The monoisotopic (exact) mass is 426 g/mol. The van der Waals surface area contributed by atoms with Crippen LogP contribution in [0.2, 0.25) is 0 Å². The van der Waals surface area contributed by atoms with Crippen molar-refractivity contribution < 1.29 is 18.7 Å². The van der Waals surface area contributed by atoms with Crippen molar-refractivity contribution >= 4 is 23.3 Å². The van der Waals surface area contributed by atoms with Crippen LogP contribution in [-0.4, -0.2) is 36.0 Å². The van der Waals surface area contributed by atoms with Crippen LogP contribution in [0.25, 0.3) is 6.08 Å². The molecule has 0 aliphatic carbocycles. The third kappa shape index (κ3) is 6.15. The van der Waals surface area contributed by atoms with Crippen LogP contribution in [-0.2, 0) is 11.4 Å². The zero-order valence-corrected chi connectivity index (χ0v) is 17.7. The quantitative estimate of drug-likeness (QED) is 0.465. The van der Waals surface area contributed by atoms with Crippen molar-refractivity contribution in [2.45, 2.75) is 13.5 Å². The number of halogens is 1. The predicted octanol–water partition coefficient (Wildman–Crippen LogP) is 4.72. The van der Waals surface area contributed by atoms with Crippen LogP contribution in [0, 0.1) is 12.7 Å². The molecule has 0 unspecified atom stereocenters. The van der Waals surface area contributed by atoms with Gasteiger partial charge in [-0.15, -0.1) is 11.3 Å². The molecule has 7 heteroatoms. The van der Waals surface area contributed by atoms with Gasteiger partial charge in [-0.1, -0.05) is 30.3 Å². The molecular weight excluding hydrogens is 403 g/mol. The Hall–Kier alpha value is -3.19. The molecule has 0 aliphatic heterocycles. The molecule has 0 radical (unpaired) electrons. The molecule has 0 aliphatic rings. The van der Waals surface area contributed by atoms with Crippen LogP contribution in [0.3, 0.4) is 0 Å². The molecule has 0 atom stereocenters. The van der Waals surface area contributed by atoms with Crippen molar-refractivity contribution in [2.75, 3.05) is 20.2 Å². The molecule has 0 N–H and O–H groups in total. The van der Waals surface area contributed by atoms with Crippen LogP contribution in [0.1, 0.15) is 16.3 Å². The number of carbonyl (C=O) groups excluding carboxylic acids is 1. The Morgan fingerprint density at radius 3 is 2.60 bits per heavy atom. The van der Waals surface area contributed by atoms with Gasteiger partial charge < -0.3 is 14.4 Å². The summed E-state index contributed by atoms with van der Waals surface area (Å²) in [4.78, 5) is 18.3. The summed E-state index contributed by atoms with van der Waals surface area (Å²) in [7, 11) is 1.67. The lowest BCUT2D eigenvalue weighted by Gasteiger charge is -2.16. The molecule has 0 saturated heterocycles. The molecule has 0 fully saturated rings. The second kappa shape index (κ2) is 10.5. The minimum atomic E-state index is -0.421. The number of hydrogen-bond donors (Lipinski definition) is 0. The topological polar surface area (TPSA) is 51.7 Å². The Labute approximate surface area is 179 Å². The van der Waals surface area contributed by atoms with E-state index in [9.17, 15) is 9.18 Å². The first kappa shape index (κ1) is 21.5. The average Bonchev–Trinajstić information content (AvgIpc) is 3.17. The first-order chi connectivity index (χ1) is 14.5. The standard InChI is InChI=1S/C23H23FN2O3S/c1-17-25-19(16-30-17)15-29-21-9-5-3-7-18(21)11-12-23(27)26(2)13-14-28-22-10-6-4-8-20(22)24/h3-12,16H,13-15H2,1-2H3/b12-11+. The molecule has 30 heavy (non-hydrogen) atoms. The van der Waals surface area contributed by atoms with E-state index in [1.54, 1.807) is 42.7 Å². The highest BCUT2D eigenvalue weighted by molar-refractivity contribution is 7.09. The molecule has 0 bridgehead atoms. The molecule has 1 amide bonds. The van der Waals surface area contributed by atoms with Gasteiger partial charge in [-0.25, -0.2) is 9.37 Å². The van der Waals surface area contributed by atoms with Gasteiger partial charge >= 0.3 is 0 Å². The summed E-state index contributed by atoms with van der Waals surface area (Å²) < 4.78 is 24.8. The van der Waals surface area contributed by atoms with E-state index in [4.69, 9.17) is 9.47 Å². The highest BCUT2D eigenvalue weighted by atomic mass is 32.1. The maximum Gasteiger partial charge on any atom is 0.246 e. The van der Waals surface area contributed by atoms with Gasteiger partial charge in [0.25, 0.3) is 0 Å². The van der Waals surface area contributed by atoms with Crippen LogP contribution >= 0.6 is 11.3 Å². The van der Waals surface area contributed by atoms with Crippen LogP contribution in [0.5, 0.6) is 11.5 Å². The minimum Gasteiger partial charge on any atom is -0.489 e. The summed E-state index contributed by atoms with van der Waals surface area (Å²) >= 11 is 1.58. The van der Waals surface area contributed by atoms with Crippen molar-refractivity contribution in [3.8, 4) is 11.5 Å². The summed E-state index contributed by atoms with van der Waals surface area (Å²) in [6.07, 6.45) is 3.20. The lowest BCUT2D eigenvalue weighted by Crippen LogP contribution is -2.29. The number of thiazole rings is 1. The van der Waals surface area contributed by atoms with Gasteiger partial charge in [0.2, 0.25) is 5.91 Å². The van der Waals surface area contributed by atoms with Crippen LogP contribution in [0.4, 0.5) is 4.39 Å². The Bertz CT molecular complexity index is 1020. The van der Waals surface area contributed by atoms with E-state index in [2.05, 4.69) is 4.98 Å². The first-order valence-electron chi connectivity index (χ1n) is 9.46. The number of likely N-dealkylation sites (N-methyl/N-ethyl adjacent to an activating group) is 1. The number of rotatable bonds is 9. The molecule has 0 saturated carbocycles. The fraction of sp³-hybridized carbons (Fsp3) is 0.217. The normalized spacial score (nSPS) is 10.9. The van der Waals surface area contributed by atoms with Crippen molar-refractivity contribution in [1.29, 1.82) is 0 Å². The van der Waals surface area contributed by atoms with E-state index in [-0.39, 0.29) is 18.3 Å². The van der Waals surface area contributed by atoms with E-state index in [0.717, 1.165) is 16.3 Å². The number of nitrogens with zero attached hydrogens (tertiary/aromatic N) is 2. The van der Waals surface area contributed by atoms with Gasteiger partial charge in [0, 0.05) is 24.1 Å². The molecule has 5 nitrogen and oxygen atoms in total. The Morgan fingerprint density at radius 2 is 1.87 bits per heavy atom. The molecule has 1 heterocycles. The number of amides is 1. The maximum atomic E-state index is 13.6. The Balaban J connectivity index is 1.53. The largest absolute Gasteiger partial charge is 0.489 e. The summed E-state index contributed by atoms with van der Waals surface area (Å²) in [6.45, 7) is 2.85. The van der Waals surface area contributed by atoms with Crippen molar-refractivity contribution in [1.82, 2.24) is 9.88 Å². The van der Waals surface area contributed by atoms with Gasteiger partial charge in [0.05, 0.1) is 17.2 Å². The van der Waals surface area contributed by atoms with Gasteiger partial charge in [0.1, 0.15) is 19.0 Å². The molecule has 156 valence electrons. The lowest BCUT2D eigenvalue weighted by atomic mass is 10.2. The van der Waals surface area contributed by atoms with Crippen molar-refractivity contribution in [3.63, 3.8) is 0 Å². The predicted molar refractivity (Wildman–Crippen MR) is 116 cm³/mol. The van der Waals surface area contributed by atoms with Crippen LogP contribution < -0.4 is 9.47 Å². The van der Waals surface area contributed by atoms with Crippen LogP contribution in [0.15, 0.2) is 60.0 Å². The van der Waals surface area contributed by atoms with Gasteiger partial charge in [-0.3, -0.25) is 4.79 Å². The third-order valence-corrected chi connectivity index (χ3v) is 5.09. The zero-order chi connectivity index (χ0) is 21.3. The van der Waals surface area contributed by atoms with Gasteiger partial charge in [-0.2, -0.15) is 0 Å². The second-order valence-electron chi connectivity index (χ2n) is 6.56. The number of ether oxygens (including phenoxy) is 2. The second-order valence-corrected chi connectivity index (χ2v) is 7.62. The van der Waals surface area contributed by atoms with Gasteiger partial charge in [-0.05, 0) is 31.2 Å². The van der Waals surface area contributed by atoms with E-state index in [1.807, 2.05) is 36.6 Å². The maximum absolute atomic E-state index is 13.6. The summed E-state index contributed by atoms with van der Waals surface area (Å²) in [5, 5.41) is 2.96. The van der Waals surface area contributed by atoms with Gasteiger partial charge in [0.15, 0.2) is 11.6 Å². The zero-order valence-electron chi connectivity index (χ0n) is 16.9. The number of carbonyl (C=O) groups is 1. The Morgan fingerprint density at radius 1 is 1.13 bits per heavy atom. The Kier molecular flexibility index (Phi) is 7.57. The van der Waals surface area contributed by atoms with E-state index in [0.29, 0.717) is 18.9 Å². The SMILES string of the molecule is Cc1nc(COc2ccccc2/C=C/C(=O)N(C)CCOc2ccccc2F)cs1. The number of para-hydroxylation sites is 2. The fourth-order valence-electron chi connectivity index (χ4n) is 2.63. The molecule has 0 spiro atoms. The molecular formula is C23H23FN2O3S. The summed E-state index contributed by atoms with van der Waals surface area (Å²) in [5.74, 6) is 0.251. The first-order valence-corrected chi connectivity index (χ1v) is 10.3. The van der Waals surface area contributed by atoms with E-state index < -0.39 is 5.82 Å². The van der Waals surface area contributed by atoms with Crippen molar-refractivity contribution in [3.05, 3.63) is 82.1 Å². The smallest absolute Gasteiger partial charge is 0.246 e. The average molecular weight is 427 g/mol. The number of hydrogen-bond acceptors (Lipinski definition) is 5. The molecule has 3 rings (SSSR count). The van der Waals surface area contributed by atoms with E-state index >= 15 is 0 Å².